The summed E-state index contributed by atoms with van der Waals surface area (Å²) in [6.07, 6.45) is 3.65. The van der Waals surface area contributed by atoms with Gasteiger partial charge in [0.15, 0.2) is 0 Å². The van der Waals surface area contributed by atoms with Gasteiger partial charge in [-0.15, -0.1) is 0 Å². The number of hydrogen-bond donors (Lipinski definition) is 1. The third-order valence-corrected chi connectivity index (χ3v) is 2.48. The van der Waals surface area contributed by atoms with Crippen LogP contribution in [0.25, 0.3) is 0 Å². The lowest BCUT2D eigenvalue weighted by atomic mass is 10.2. The molecule has 2 aromatic rings. The van der Waals surface area contributed by atoms with Crippen molar-refractivity contribution in [1.82, 2.24) is 9.78 Å². The number of halogens is 1. The Morgan fingerprint density at radius 2 is 2.25 bits per heavy atom. The summed E-state index contributed by atoms with van der Waals surface area (Å²) in [5.41, 5.74) is 1.50. The van der Waals surface area contributed by atoms with Crippen LogP contribution >= 0.6 is 0 Å². The standard InChI is InChI=1S/C12H14FN3/c1-10-11(13)4-2-5-12(10)14-7-9-16-8-3-6-15-16/h2-6,8,14H,7,9H2,1H3. The molecule has 0 atom stereocenters. The summed E-state index contributed by atoms with van der Waals surface area (Å²) in [7, 11) is 0. The van der Waals surface area contributed by atoms with Crippen LogP contribution in [0.4, 0.5) is 10.1 Å². The molecule has 0 aliphatic rings. The highest BCUT2D eigenvalue weighted by Crippen LogP contribution is 2.16. The third kappa shape index (κ3) is 2.39. The molecule has 1 aromatic carbocycles. The fraction of sp³-hybridized carbons (Fsp3) is 0.250. The van der Waals surface area contributed by atoms with E-state index in [4.69, 9.17) is 0 Å². The van der Waals surface area contributed by atoms with Crippen LogP contribution < -0.4 is 5.32 Å². The second-order valence-corrected chi connectivity index (χ2v) is 3.61. The number of anilines is 1. The summed E-state index contributed by atoms with van der Waals surface area (Å²) in [4.78, 5) is 0. The molecule has 0 saturated carbocycles. The van der Waals surface area contributed by atoms with Crippen LogP contribution in [0.3, 0.4) is 0 Å². The van der Waals surface area contributed by atoms with Crippen LogP contribution in [0.15, 0.2) is 36.7 Å². The fourth-order valence-electron chi connectivity index (χ4n) is 1.54. The summed E-state index contributed by atoms with van der Waals surface area (Å²) < 4.78 is 15.1. The third-order valence-electron chi connectivity index (χ3n) is 2.48. The second-order valence-electron chi connectivity index (χ2n) is 3.61. The Morgan fingerprint density at radius 3 is 3.00 bits per heavy atom. The van der Waals surface area contributed by atoms with Crippen molar-refractivity contribution in [2.75, 3.05) is 11.9 Å². The molecule has 0 fully saturated rings. The van der Waals surface area contributed by atoms with E-state index in [1.165, 1.54) is 6.07 Å². The maximum absolute atomic E-state index is 13.2. The number of benzene rings is 1. The van der Waals surface area contributed by atoms with E-state index >= 15 is 0 Å². The Labute approximate surface area is 93.9 Å². The van der Waals surface area contributed by atoms with Gasteiger partial charge in [0.2, 0.25) is 0 Å². The normalized spacial score (nSPS) is 10.4. The van der Waals surface area contributed by atoms with Gasteiger partial charge in [-0.2, -0.15) is 5.10 Å². The molecule has 0 unspecified atom stereocenters. The van der Waals surface area contributed by atoms with Crippen molar-refractivity contribution in [1.29, 1.82) is 0 Å². The van der Waals surface area contributed by atoms with E-state index in [-0.39, 0.29) is 5.82 Å². The summed E-state index contributed by atoms with van der Waals surface area (Å²) in [5, 5.41) is 7.28. The van der Waals surface area contributed by atoms with Crippen molar-refractivity contribution in [3.05, 3.63) is 48.0 Å². The Kier molecular flexibility index (Phi) is 3.19. The lowest BCUT2D eigenvalue weighted by Gasteiger charge is -2.09. The first-order valence-corrected chi connectivity index (χ1v) is 5.24. The molecule has 0 aliphatic carbocycles. The average Bonchev–Trinajstić information content (AvgIpc) is 2.77. The number of hydrogen-bond acceptors (Lipinski definition) is 2. The van der Waals surface area contributed by atoms with Crippen molar-refractivity contribution in [2.45, 2.75) is 13.5 Å². The van der Waals surface area contributed by atoms with Crippen LogP contribution in [-0.4, -0.2) is 16.3 Å². The van der Waals surface area contributed by atoms with Crippen LogP contribution in [0.2, 0.25) is 0 Å². The maximum atomic E-state index is 13.2. The minimum Gasteiger partial charge on any atom is -0.383 e. The van der Waals surface area contributed by atoms with Crippen molar-refractivity contribution >= 4 is 5.69 Å². The monoisotopic (exact) mass is 219 g/mol. The first-order valence-electron chi connectivity index (χ1n) is 5.24. The zero-order chi connectivity index (χ0) is 11.4. The molecule has 0 radical (unpaired) electrons. The van der Waals surface area contributed by atoms with E-state index in [9.17, 15) is 4.39 Å². The molecule has 0 bridgehead atoms. The van der Waals surface area contributed by atoms with Gasteiger partial charge in [0, 0.05) is 30.2 Å². The quantitative estimate of drug-likeness (QED) is 0.856. The van der Waals surface area contributed by atoms with Gasteiger partial charge >= 0.3 is 0 Å². The summed E-state index contributed by atoms with van der Waals surface area (Å²) in [6.45, 7) is 3.26. The number of nitrogens with zero attached hydrogens (tertiary/aromatic N) is 2. The van der Waals surface area contributed by atoms with Gasteiger partial charge in [0.25, 0.3) is 0 Å². The Hall–Kier alpha value is -1.84. The van der Waals surface area contributed by atoms with Crippen molar-refractivity contribution < 1.29 is 4.39 Å². The van der Waals surface area contributed by atoms with Crippen molar-refractivity contribution in [3.63, 3.8) is 0 Å². The number of rotatable bonds is 4. The molecule has 0 amide bonds. The van der Waals surface area contributed by atoms with E-state index in [1.54, 1.807) is 19.2 Å². The molecular formula is C12H14FN3. The van der Waals surface area contributed by atoms with Gasteiger partial charge in [0.05, 0.1) is 6.54 Å². The van der Waals surface area contributed by atoms with E-state index < -0.39 is 0 Å². The Bertz CT molecular complexity index is 451. The van der Waals surface area contributed by atoms with Gasteiger partial charge in [-0.05, 0) is 25.1 Å². The predicted octanol–water partition coefficient (Wildman–Crippen LogP) is 2.44. The molecule has 1 aromatic heterocycles. The highest BCUT2D eigenvalue weighted by molar-refractivity contribution is 5.50. The molecular weight excluding hydrogens is 205 g/mol. The SMILES string of the molecule is Cc1c(F)cccc1NCCn1cccn1. The molecule has 4 heteroatoms. The highest BCUT2D eigenvalue weighted by Gasteiger charge is 2.01. The van der Waals surface area contributed by atoms with Gasteiger partial charge in [-0.25, -0.2) is 4.39 Å². The molecule has 2 rings (SSSR count). The zero-order valence-corrected chi connectivity index (χ0v) is 9.15. The predicted molar refractivity (Wildman–Crippen MR) is 61.9 cm³/mol. The maximum Gasteiger partial charge on any atom is 0.128 e. The summed E-state index contributed by atoms with van der Waals surface area (Å²) in [5.74, 6) is -0.177. The highest BCUT2D eigenvalue weighted by atomic mass is 19.1. The molecule has 16 heavy (non-hydrogen) atoms. The molecule has 0 aliphatic heterocycles. The van der Waals surface area contributed by atoms with Gasteiger partial charge in [-0.3, -0.25) is 4.68 Å². The van der Waals surface area contributed by atoms with Crippen molar-refractivity contribution in [2.24, 2.45) is 0 Å². The van der Waals surface area contributed by atoms with E-state index in [1.807, 2.05) is 23.0 Å². The summed E-state index contributed by atoms with van der Waals surface area (Å²) in [6, 6.07) is 6.93. The van der Waals surface area contributed by atoms with Gasteiger partial charge in [0.1, 0.15) is 5.82 Å². The second kappa shape index (κ2) is 4.79. The molecule has 3 nitrogen and oxygen atoms in total. The van der Waals surface area contributed by atoms with Crippen LogP contribution in [0.5, 0.6) is 0 Å². The molecule has 1 heterocycles. The fourth-order valence-corrected chi connectivity index (χ4v) is 1.54. The van der Waals surface area contributed by atoms with Gasteiger partial charge < -0.3 is 5.32 Å². The van der Waals surface area contributed by atoms with Gasteiger partial charge in [-0.1, -0.05) is 6.07 Å². The largest absolute Gasteiger partial charge is 0.383 e. The van der Waals surface area contributed by atoms with Crippen LogP contribution in [0, 0.1) is 12.7 Å². The number of aromatic nitrogens is 2. The average molecular weight is 219 g/mol. The van der Waals surface area contributed by atoms with E-state index in [0.717, 1.165) is 18.8 Å². The van der Waals surface area contributed by atoms with Crippen LogP contribution in [0.1, 0.15) is 5.56 Å². The zero-order valence-electron chi connectivity index (χ0n) is 9.15. The lowest BCUT2D eigenvalue weighted by molar-refractivity contribution is 0.617. The van der Waals surface area contributed by atoms with E-state index in [0.29, 0.717) is 5.56 Å². The Balaban J connectivity index is 1.92. The number of nitrogens with one attached hydrogen (secondary N) is 1. The molecule has 1 N–H and O–H groups in total. The summed E-state index contributed by atoms with van der Waals surface area (Å²) >= 11 is 0. The first kappa shape index (κ1) is 10.7. The molecule has 0 spiro atoms. The smallest absolute Gasteiger partial charge is 0.128 e. The topological polar surface area (TPSA) is 29.9 Å². The van der Waals surface area contributed by atoms with Crippen LogP contribution in [-0.2, 0) is 6.54 Å². The van der Waals surface area contributed by atoms with Crippen molar-refractivity contribution in [3.8, 4) is 0 Å². The molecule has 0 saturated heterocycles. The molecule has 84 valence electrons. The van der Waals surface area contributed by atoms with E-state index in [2.05, 4.69) is 10.4 Å². The Morgan fingerprint density at radius 1 is 1.38 bits per heavy atom. The minimum absolute atomic E-state index is 0.177. The minimum atomic E-state index is -0.177. The first-order chi connectivity index (χ1) is 7.77. The lowest BCUT2D eigenvalue weighted by Crippen LogP contribution is -2.11.